The molecule has 5 rings (SSSR count). The van der Waals surface area contributed by atoms with Crippen molar-refractivity contribution in [2.45, 2.75) is 18.8 Å². The van der Waals surface area contributed by atoms with Crippen molar-refractivity contribution in [1.29, 1.82) is 0 Å². The van der Waals surface area contributed by atoms with E-state index in [9.17, 15) is 13.2 Å². The first kappa shape index (κ1) is 24.8. The van der Waals surface area contributed by atoms with Gasteiger partial charge in [-0.25, -0.2) is 4.68 Å². The summed E-state index contributed by atoms with van der Waals surface area (Å²) < 4.78 is 47.2. The SMILES string of the molecule is COc1ccccc1C(c1nnnn1Cc1ccccc1)N1CCN(c2cccc(C(F)(F)F)c2)CC1. The molecule has 2 heterocycles. The number of ether oxygens (including phenoxy) is 1. The molecule has 0 amide bonds. The summed E-state index contributed by atoms with van der Waals surface area (Å²) in [5.74, 6) is 1.41. The smallest absolute Gasteiger partial charge is 0.416 e. The van der Waals surface area contributed by atoms with Gasteiger partial charge in [0, 0.05) is 37.4 Å². The molecule has 0 radical (unpaired) electrons. The molecule has 192 valence electrons. The molecule has 3 aromatic carbocycles. The molecule has 0 aliphatic carbocycles. The number of hydrogen-bond donors (Lipinski definition) is 0. The van der Waals surface area contributed by atoms with E-state index in [-0.39, 0.29) is 6.04 Å². The summed E-state index contributed by atoms with van der Waals surface area (Å²) >= 11 is 0. The topological polar surface area (TPSA) is 59.3 Å². The fraction of sp³-hybridized carbons (Fsp3) is 0.296. The van der Waals surface area contributed by atoms with E-state index < -0.39 is 11.7 Å². The maximum absolute atomic E-state index is 13.3. The van der Waals surface area contributed by atoms with E-state index in [1.165, 1.54) is 12.1 Å². The number of para-hydroxylation sites is 1. The lowest BCUT2D eigenvalue weighted by Gasteiger charge is -2.40. The highest BCUT2D eigenvalue weighted by Crippen LogP contribution is 2.36. The summed E-state index contributed by atoms with van der Waals surface area (Å²) in [6.07, 6.45) is -4.37. The number of methoxy groups -OCH3 is 1. The fourth-order valence-corrected chi connectivity index (χ4v) is 4.79. The molecule has 0 spiro atoms. The zero-order chi connectivity index (χ0) is 25.8. The second-order valence-corrected chi connectivity index (χ2v) is 8.90. The lowest BCUT2D eigenvalue weighted by Crippen LogP contribution is -2.48. The van der Waals surface area contributed by atoms with Crippen LogP contribution in [0.15, 0.2) is 78.9 Å². The Morgan fingerprint density at radius 1 is 0.892 bits per heavy atom. The van der Waals surface area contributed by atoms with Gasteiger partial charge in [0.05, 0.1) is 19.2 Å². The van der Waals surface area contributed by atoms with Gasteiger partial charge >= 0.3 is 6.18 Å². The molecular weight excluding hydrogens is 481 g/mol. The number of halogens is 3. The zero-order valence-corrected chi connectivity index (χ0v) is 20.3. The van der Waals surface area contributed by atoms with Gasteiger partial charge < -0.3 is 9.64 Å². The number of alkyl halides is 3. The number of rotatable bonds is 7. The summed E-state index contributed by atoms with van der Waals surface area (Å²) in [6.45, 7) is 2.85. The summed E-state index contributed by atoms with van der Waals surface area (Å²) in [5.41, 5.74) is 1.93. The lowest BCUT2D eigenvalue weighted by atomic mass is 10.0. The van der Waals surface area contributed by atoms with Crippen LogP contribution in [0.4, 0.5) is 18.9 Å². The van der Waals surface area contributed by atoms with Crippen LogP contribution in [0.3, 0.4) is 0 Å². The van der Waals surface area contributed by atoms with Crippen molar-refractivity contribution >= 4 is 5.69 Å². The fourth-order valence-electron chi connectivity index (χ4n) is 4.79. The predicted molar refractivity (Wildman–Crippen MR) is 133 cm³/mol. The molecule has 1 saturated heterocycles. The Bertz CT molecular complexity index is 1320. The molecule has 0 saturated carbocycles. The third kappa shape index (κ3) is 5.43. The summed E-state index contributed by atoms with van der Waals surface area (Å²) in [7, 11) is 1.63. The number of benzene rings is 3. The predicted octanol–water partition coefficient (Wildman–Crippen LogP) is 4.66. The first-order valence-electron chi connectivity index (χ1n) is 12.0. The minimum Gasteiger partial charge on any atom is -0.496 e. The van der Waals surface area contributed by atoms with Gasteiger partial charge in [-0.3, -0.25) is 4.90 Å². The Morgan fingerprint density at radius 3 is 2.35 bits per heavy atom. The standard InChI is InChI=1S/C27H27F3N6O/c1-37-24-13-6-5-12-23(24)25(26-31-32-33-36(26)19-20-8-3-2-4-9-20)35-16-14-34(15-17-35)22-11-7-10-21(18-22)27(28,29)30/h2-13,18,25H,14-17,19H2,1H3. The molecule has 1 aliphatic rings. The van der Waals surface area contributed by atoms with Crippen LogP contribution >= 0.6 is 0 Å². The normalized spacial score (nSPS) is 15.5. The highest BCUT2D eigenvalue weighted by atomic mass is 19.4. The number of hydrogen-bond acceptors (Lipinski definition) is 6. The van der Waals surface area contributed by atoms with Gasteiger partial charge in [0.25, 0.3) is 0 Å². The third-order valence-electron chi connectivity index (χ3n) is 6.63. The minimum atomic E-state index is -4.37. The maximum atomic E-state index is 13.3. The first-order valence-corrected chi connectivity index (χ1v) is 12.0. The number of aromatic nitrogens is 4. The molecule has 1 aromatic heterocycles. The van der Waals surface area contributed by atoms with Gasteiger partial charge in [0.2, 0.25) is 0 Å². The van der Waals surface area contributed by atoms with Crippen LogP contribution in [0, 0.1) is 0 Å². The van der Waals surface area contributed by atoms with Crippen LogP contribution in [0.5, 0.6) is 5.75 Å². The van der Waals surface area contributed by atoms with Crippen molar-refractivity contribution in [2.24, 2.45) is 0 Å². The Labute approximate surface area is 213 Å². The van der Waals surface area contributed by atoms with Crippen LogP contribution in [0.2, 0.25) is 0 Å². The van der Waals surface area contributed by atoms with Gasteiger partial charge in [-0.2, -0.15) is 13.2 Å². The Balaban J connectivity index is 1.43. The highest BCUT2D eigenvalue weighted by molar-refractivity contribution is 5.50. The van der Waals surface area contributed by atoms with Crippen molar-refractivity contribution in [3.8, 4) is 5.75 Å². The van der Waals surface area contributed by atoms with E-state index in [2.05, 4.69) is 20.4 Å². The number of nitrogens with zero attached hydrogens (tertiary/aromatic N) is 6. The van der Waals surface area contributed by atoms with Gasteiger partial charge in [-0.15, -0.1) is 5.10 Å². The van der Waals surface area contributed by atoms with Crippen molar-refractivity contribution in [3.63, 3.8) is 0 Å². The van der Waals surface area contributed by atoms with Gasteiger partial charge in [-0.1, -0.05) is 54.6 Å². The van der Waals surface area contributed by atoms with E-state index in [4.69, 9.17) is 4.74 Å². The lowest BCUT2D eigenvalue weighted by molar-refractivity contribution is -0.137. The third-order valence-corrected chi connectivity index (χ3v) is 6.63. The van der Waals surface area contributed by atoms with E-state index in [0.717, 1.165) is 22.9 Å². The second kappa shape index (κ2) is 10.6. The molecule has 4 aromatic rings. The Morgan fingerprint density at radius 2 is 1.62 bits per heavy atom. The Hall–Kier alpha value is -3.92. The minimum absolute atomic E-state index is 0.293. The maximum Gasteiger partial charge on any atom is 0.416 e. The molecule has 10 heteroatoms. The molecule has 0 N–H and O–H groups in total. The van der Waals surface area contributed by atoms with E-state index in [1.807, 2.05) is 59.5 Å². The van der Waals surface area contributed by atoms with E-state index in [0.29, 0.717) is 44.2 Å². The molecule has 1 atom stereocenters. The summed E-state index contributed by atoms with van der Waals surface area (Å²) in [5, 5.41) is 12.7. The Kier molecular flexibility index (Phi) is 7.09. The summed E-state index contributed by atoms with van der Waals surface area (Å²) in [6, 6.07) is 23.0. The molecule has 1 fully saturated rings. The first-order chi connectivity index (χ1) is 17.9. The monoisotopic (exact) mass is 508 g/mol. The zero-order valence-electron chi connectivity index (χ0n) is 20.3. The number of piperazine rings is 1. The second-order valence-electron chi connectivity index (χ2n) is 8.90. The molecule has 37 heavy (non-hydrogen) atoms. The average Bonchev–Trinajstić information content (AvgIpc) is 3.37. The average molecular weight is 509 g/mol. The quantitative estimate of drug-likeness (QED) is 0.362. The largest absolute Gasteiger partial charge is 0.496 e. The molecule has 1 unspecified atom stereocenters. The van der Waals surface area contributed by atoms with Crippen LogP contribution in [-0.4, -0.2) is 58.4 Å². The molecule has 0 bridgehead atoms. The van der Waals surface area contributed by atoms with Crippen LogP contribution < -0.4 is 9.64 Å². The van der Waals surface area contributed by atoms with Crippen molar-refractivity contribution in [2.75, 3.05) is 38.2 Å². The van der Waals surface area contributed by atoms with Crippen molar-refractivity contribution in [1.82, 2.24) is 25.1 Å². The number of tetrazole rings is 1. The molecular formula is C27H27F3N6O. The summed E-state index contributed by atoms with van der Waals surface area (Å²) in [4.78, 5) is 4.24. The highest BCUT2D eigenvalue weighted by Gasteiger charge is 2.34. The molecule has 7 nitrogen and oxygen atoms in total. The van der Waals surface area contributed by atoms with Crippen LogP contribution in [0.25, 0.3) is 0 Å². The number of anilines is 1. The van der Waals surface area contributed by atoms with Crippen LogP contribution in [-0.2, 0) is 12.7 Å². The van der Waals surface area contributed by atoms with E-state index >= 15 is 0 Å². The van der Waals surface area contributed by atoms with Gasteiger partial charge in [-0.05, 0) is 40.3 Å². The molecule has 1 aliphatic heterocycles. The van der Waals surface area contributed by atoms with Gasteiger partial charge in [0.15, 0.2) is 5.82 Å². The van der Waals surface area contributed by atoms with Gasteiger partial charge in [0.1, 0.15) is 11.8 Å². The van der Waals surface area contributed by atoms with Crippen molar-refractivity contribution in [3.05, 3.63) is 101 Å². The van der Waals surface area contributed by atoms with Crippen molar-refractivity contribution < 1.29 is 17.9 Å². The van der Waals surface area contributed by atoms with Crippen LogP contribution in [0.1, 0.15) is 28.6 Å². The van der Waals surface area contributed by atoms with E-state index in [1.54, 1.807) is 17.9 Å².